The van der Waals surface area contributed by atoms with Gasteiger partial charge in [0.25, 0.3) is 0 Å². The fraction of sp³-hybridized carbons (Fsp3) is 0.781. The summed E-state index contributed by atoms with van der Waals surface area (Å²) in [5.41, 5.74) is 0.277. The molecule has 2 aliphatic carbocycles. The first-order valence-corrected chi connectivity index (χ1v) is 15.2. The number of esters is 1. The topological polar surface area (TPSA) is 35.5 Å². The van der Waals surface area contributed by atoms with Gasteiger partial charge < -0.3 is 9.47 Å². The number of unbranched alkanes of at least 4 members (excludes halogenated alkanes) is 7. The minimum atomic E-state index is -0.489. The van der Waals surface area contributed by atoms with Crippen LogP contribution in [0, 0.1) is 23.6 Å². The smallest absolute Gasteiger partial charge is 0.338 e. The highest BCUT2D eigenvalue weighted by Gasteiger charge is 2.32. The number of hydrogen-bond acceptors (Lipinski definition) is 3. The number of hydrogen-bond donors (Lipinski definition) is 0. The maximum atomic E-state index is 14.4. The van der Waals surface area contributed by atoms with Gasteiger partial charge in [-0.25, -0.2) is 9.18 Å². The third kappa shape index (κ3) is 9.71. The van der Waals surface area contributed by atoms with Gasteiger partial charge in [-0.05, 0) is 80.9 Å². The van der Waals surface area contributed by atoms with E-state index in [9.17, 15) is 9.18 Å². The Labute approximate surface area is 219 Å². The fourth-order valence-corrected chi connectivity index (χ4v) is 6.34. The zero-order chi connectivity index (χ0) is 25.6. The van der Waals surface area contributed by atoms with E-state index in [4.69, 9.17) is 9.47 Å². The Kier molecular flexibility index (Phi) is 13.1. The van der Waals surface area contributed by atoms with Crippen molar-refractivity contribution in [1.29, 1.82) is 0 Å². The highest BCUT2D eigenvalue weighted by molar-refractivity contribution is 5.89. The predicted molar refractivity (Wildman–Crippen MR) is 146 cm³/mol. The number of benzene rings is 1. The Morgan fingerprint density at radius 2 is 1.42 bits per heavy atom. The third-order valence-corrected chi connectivity index (χ3v) is 8.69. The minimum Gasteiger partial charge on any atom is -0.491 e. The molecule has 0 bridgehead atoms. The van der Waals surface area contributed by atoms with Crippen molar-refractivity contribution >= 4 is 5.97 Å². The standard InChI is InChI=1S/C32H51FO3/c1-3-5-7-8-9-10-12-25-13-15-26(16-14-25)27-17-20-29(21-18-27)36-32(34)28-19-22-31(30(33)24-28)35-23-11-6-4-2/h19,22,24-27,29H,3-18,20-21,23H2,1-2H3. The molecule has 0 aromatic heterocycles. The molecule has 3 nitrogen and oxygen atoms in total. The van der Waals surface area contributed by atoms with E-state index in [1.165, 1.54) is 76.7 Å². The molecule has 1 aromatic rings. The lowest BCUT2D eigenvalue weighted by atomic mass is 9.70. The maximum absolute atomic E-state index is 14.4. The van der Waals surface area contributed by atoms with Crippen molar-refractivity contribution in [2.24, 2.45) is 17.8 Å². The average Bonchev–Trinajstić information content (AvgIpc) is 2.90. The van der Waals surface area contributed by atoms with Crippen LogP contribution in [0.2, 0.25) is 0 Å². The van der Waals surface area contributed by atoms with Crippen LogP contribution in [-0.2, 0) is 4.74 Å². The lowest BCUT2D eigenvalue weighted by molar-refractivity contribution is 0.0109. The zero-order valence-corrected chi connectivity index (χ0v) is 23.1. The van der Waals surface area contributed by atoms with E-state index in [2.05, 4.69) is 13.8 Å². The van der Waals surface area contributed by atoms with Crippen LogP contribution >= 0.6 is 0 Å². The molecule has 0 spiro atoms. The van der Waals surface area contributed by atoms with Gasteiger partial charge in [0.15, 0.2) is 11.6 Å². The van der Waals surface area contributed by atoms with Crippen molar-refractivity contribution in [2.45, 2.75) is 136 Å². The van der Waals surface area contributed by atoms with Crippen molar-refractivity contribution < 1.29 is 18.7 Å². The molecule has 0 aliphatic heterocycles. The van der Waals surface area contributed by atoms with Gasteiger partial charge in [-0.1, -0.05) is 84.5 Å². The molecule has 0 saturated heterocycles. The monoisotopic (exact) mass is 502 g/mol. The summed E-state index contributed by atoms with van der Waals surface area (Å²) in [5, 5.41) is 0. The van der Waals surface area contributed by atoms with Crippen LogP contribution in [-0.4, -0.2) is 18.7 Å². The molecular formula is C32H51FO3. The zero-order valence-electron chi connectivity index (χ0n) is 23.1. The van der Waals surface area contributed by atoms with Crippen LogP contribution in [0.1, 0.15) is 140 Å². The van der Waals surface area contributed by atoms with Gasteiger partial charge in [0, 0.05) is 0 Å². The van der Waals surface area contributed by atoms with Crippen molar-refractivity contribution in [3.05, 3.63) is 29.6 Å². The molecule has 0 unspecified atom stereocenters. The Balaban J connectivity index is 1.32. The van der Waals surface area contributed by atoms with Gasteiger partial charge >= 0.3 is 5.97 Å². The summed E-state index contributed by atoms with van der Waals surface area (Å²) in [6.45, 7) is 4.90. The van der Waals surface area contributed by atoms with E-state index < -0.39 is 11.8 Å². The van der Waals surface area contributed by atoms with Gasteiger partial charge in [-0.3, -0.25) is 0 Å². The second-order valence-electron chi connectivity index (χ2n) is 11.5. The van der Waals surface area contributed by atoms with Crippen LogP contribution in [0.4, 0.5) is 4.39 Å². The second kappa shape index (κ2) is 16.3. The SMILES string of the molecule is CCCCCCCCC1CCC(C2CCC(OC(=O)c3ccc(OCCCCC)c(F)c3)CC2)CC1. The first-order chi connectivity index (χ1) is 17.6. The largest absolute Gasteiger partial charge is 0.491 e. The van der Waals surface area contributed by atoms with Crippen LogP contribution in [0.3, 0.4) is 0 Å². The van der Waals surface area contributed by atoms with Crippen LogP contribution in [0.15, 0.2) is 18.2 Å². The molecule has 3 rings (SSSR count). The summed E-state index contributed by atoms with van der Waals surface area (Å²) in [6.07, 6.45) is 22.7. The third-order valence-electron chi connectivity index (χ3n) is 8.69. The van der Waals surface area contributed by atoms with E-state index >= 15 is 0 Å². The Bertz CT molecular complexity index is 748. The van der Waals surface area contributed by atoms with Crippen molar-refractivity contribution in [3.63, 3.8) is 0 Å². The van der Waals surface area contributed by atoms with E-state index in [0.717, 1.165) is 62.7 Å². The highest BCUT2D eigenvalue weighted by atomic mass is 19.1. The van der Waals surface area contributed by atoms with Gasteiger partial charge in [0.1, 0.15) is 6.10 Å². The van der Waals surface area contributed by atoms with E-state index in [-0.39, 0.29) is 17.4 Å². The van der Waals surface area contributed by atoms with Gasteiger partial charge in [0.2, 0.25) is 0 Å². The number of carbonyl (C=O) groups excluding carboxylic acids is 1. The maximum Gasteiger partial charge on any atom is 0.338 e. The van der Waals surface area contributed by atoms with Crippen molar-refractivity contribution in [3.8, 4) is 5.75 Å². The Morgan fingerprint density at radius 3 is 2.08 bits per heavy atom. The lowest BCUT2D eigenvalue weighted by Gasteiger charge is -2.37. The molecule has 204 valence electrons. The molecular weight excluding hydrogens is 451 g/mol. The molecule has 0 radical (unpaired) electrons. The summed E-state index contributed by atoms with van der Waals surface area (Å²) in [5.74, 6) is 1.92. The lowest BCUT2D eigenvalue weighted by Crippen LogP contribution is -2.29. The van der Waals surface area contributed by atoms with Crippen molar-refractivity contribution in [2.75, 3.05) is 6.61 Å². The summed E-state index contributed by atoms with van der Waals surface area (Å²) in [4.78, 5) is 12.6. The molecule has 0 heterocycles. The van der Waals surface area contributed by atoms with Crippen LogP contribution in [0.25, 0.3) is 0 Å². The molecule has 0 atom stereocenters. The first kappa shape index (κ1) is 29.0. The van der Waals surface area contributed by atoms with E-state index in [0.29, 0.717) is 6.61 Å². The van der Waals surface area contributed by atoms with E-state index in [1.54, 1.807) is 12.1 Å². The van der Waals surface area contributed by atoms with Gasteiger partial charge in [0.05, 0.1) is 12.2 Å². The molecule has 4 heteroatoms. The number of rotatable bonds is 15. The van der Waals surface area contributed by atoms with Gasteiger partial charge in [-0.2, -0.15) is 0 Å². The number of halogens is 1. The summed E-state index contributed by atoms with van der Waals surface area (Å²) < 4.78 is 25.7. The molecule has 2 saturated carbocycles. The number of carbonyl (C=O) groups is 1. The summed E-state index contributed by atoms with van der Waals surface area (Å²) in [7, 11) is 0. The molecule has 1 aromatic carbocycles. The van der Waals surface area contributed by atoms with Gasteiger partial charge in [-0.15, -0.1) is 0 Å². The number of ether oxygens (including phenoxy) is 2. The summed E-state index contributed by atoms with van der Waals surface area (Å²) >= 11 is 0. The normalized spacial score (nSPS) is 24.4. The Hall–Kier alpha value is -1.58. The highest BCUT2D eigenvalue weighted by Crippen LogP contribution is 2.41. The van der Waals surface area contributed by atoms with E-state index in [1.807, 2.05) is 0 Å². The molecule has 0 N–H and O–H groups in total. The second-order valence-corrected chi connectivity index (χ2v) is 11.5. The predicted octanol–water partition coefficient (Wildman–Crippen LogP) is 9.67. The summed E-state index contributed by atoms with van der Waals surface area (Å²) in [6, 6.07) is 4.43. The molecule has 36 heavy (non-hydrogen) atoms. The quantitative estimate of drug-likeness (QED) is 0.177. The fourth-order valence-electron chi connectivity index (χ4n) is 6.34. The average molecular weight is 503 g/mol. The van der Waals surface area contributed by atoms with Crippen molar-refractivity contribution in [1.82, 2.24) is 0 Å². The first-order valence-electron chi connectivity index (χ1n) is 15.2. The Morgan fingerprint density at radius 1 is 0.806 bits per heavy atom. The minimum absolute atomic E-state index is 0.0363. The molecule has 2 aliphatic rings. The molecule has 0 amide bonds. The van der Waals surface area contributed by atoms with Crippen LogP contribution in [0.5, 0.6) is 5.75 Å². The van der Waals surface area contributed by atoms with Crippen LogP contribution < -0.4 is 4.74 Å². The molecule has 2 fully saturated rings.